The van der Waals surface area contributed by atoms with Crippen LogP contribution in [-0.2, 0) is 4.79 Å². The third kappa shape index (κ3) is 2.73. The van der Waals surface area contributed by atoms with Crippen LogP contribution < -0.4 is 0 Å². The molecule has 0 aliphatic rings. The molecule has 1 aromatic heterocycles. The van der Waals surface area contributed by atoms with Gasteiger partial charge >= 0.3 is 5.97 Å². The highest BCUT2D eigenvalue weighted by Gasteiger charge is 2.08. The first kappa shape index (κ1) is 13.1. The number of nitrogens with zero attached hydrogens (tertiary/aromatic N) is 1. The molecule has 0 saturated heterocycles. The first-order valence-corrected chi connectivity index (χ1v) is 6.05. The summed E-state index contributed by atoms with van der Waals surface area (Å²) in [6.07, 6.45) is 3.55. The van der Waals surface area contributed by atoms with Gasteiger partial charge in [0.1, 0.15) is 0 Å². The first-order chi connectivity index (χ1) is 8.99. The largest absolute Gasteiger partial charge is 0.478 e. The number of hydrogen-bond donors (Lipinski definition) is 1. The van der Waals surface area contributed by atoms with Crippen molar-refractivity contribution in [1.82, 2.24) is 4.57 Å². The lowest BCUT2D eigenvalue weighted by atomic mass is 10.0. The van der Waals surface area contributed by atoms with Gasteiger partial charge in [0.05, 0.1) is 5.52 Å². The predicted octanol–water partition coefficient (Wildman–Crippen LogP) is 3.05. The molecule has 0 radical (unpaired) electrons. The molecular formula is C15H15NO3. The molecular weight excluding hydrogens is 242 g/mol. The van der Waals surface area contributed by atoms with Crippen molar-refractivity contribution < 1.29 is 14.7 Å². The zero-order valence-electron chi connectivity index (χ0n) is 10.8. The summed E-state index contributed by atoms with van der Waals surface area (Å²) in [6.45, 7) is 4.22. The fraction of sp³-hybridized carbons (Fsp3) is 0.200. The number of aliphatic carboxylic acids is 1. The molecule has 2 aromatic rings. The van der Waals surface area contributed by atoms with Crippen molar-refractivity contribution in [3.8, 4) is 0 Å². The van der Waals surface area contributed by atoms with E-state index in [-0.39, 0.29) is 5.91 Å². The maximum absolute atomic E-state index is 11.9. The molecule has 0 unspecified atom stereocenters. The summed E-state index contributed by atoms with van der Waals surface area (Å²) in [5, 5.41) is 9.50. The molecule has 0 aliphatic heterocycles. The molecule has 0 fully saturated rings. The van der Waals surface area contributed by atoms with Gasteiger partial charge in [0.15, 0.2) is 0 Å². The molecule has 2 rings (SSSR count). The van der Waals surface area contributed by atoms with E-state index in [1.54, 1.807) is 6.20 Å². The number of aromatic nitrogens is 1. The molecule has 0 aliphatic carbocycles. The lowest BCUT2D eigenvalue weighted by molar-refractivity contribution is -0.131. The van der Waals surface area contributed by atoms with E-state index in [1.165, 1.54) is 10.1 Å². The number of carboxylic acids is 1. The molecule has 98 valence electrons. The van der Waals surface area contributed by atoms with Gasteiger partial charge in [0.2, 0.25) is 0 Å². The van der Waals surface area contributed by atoms with Crippen LogP contribution in [0.5, 0.6) is 0 Å². The summed E-state index contributed by atoms with van der Waals surface area (Å²) in [5.41, 5.74) is 1.99. The third-order valence-corrected chi connectivity index (χ3v) is 2.99. The van der Waals surface area contributed by atoms with Crippen molar-refractivity contribution in [2.24, 2.45) is 0 Å². The fourth-order valence-corrected chi connectivity index (χ4v) is 1.94. The van der Waals surface area contributed by atoms with Gasteiger partial charge in [-0.3, -0.25) is 9.36 Å². The minimum absolute atomic E-state index is 0.366. The Bertz CT molecular complexity index is 665. The Kier molecular flexibility index (Phi) is 3.51. The number of fused-ring (bicyclic) bond motifs is 1. The van der Waals surface area contributed by atoms with Crippen molar-refractivity contribution in [1.29, 1.82) is 0 Å². The summed E-state index contributed by atoms with van der Waals surface area (Å²) in [4.78, 5) is 22.3. The Hall–Kier alpha value is -2.36. The van der Waals surface area contributed by atoms with Gasteiger partial charge in [-0.2, -0.15) is 0 Å². The van der Waals surface area contributed by atoms with Gasteiger partial charge in [0, 0.05) is 23.7 Å². The van der Waals surface area contributed by atoms with Crippen LogP contribution in [-0.4, -0.2) is 21.6 Å². The fourth-order valence-electron chi connectivity index (χ4n) is 1.94. The first-order valence-electron chi connectivity index (χ1n) is 6.05. The Morgan fingerprint density at radius 2 is 1.95 bits per heavy atom. The highest BCUT2D eigenvalue weighted by atomic mass is 16.4. The van der Waals surface area contributed by atoms with E-state index in [4.69, 9.17) is 5.11 Å². The molecule has 1 N–H and O–H groups in total. The number of hydrogen-bond acceptors (Lipinski definition) is 2. The number of allylic oxidation sites excluding steroid dienone is 1. The zero-order chi connectivity index (χ0) is 14.0. The van der Waals surface area contributed by atoms with Crippen LogP contribution in [0, 0.1) is 0 Å². The van der Waals surface area contributed by atoms with E-state index in [0.717, 1.165) is 23.1 Å². The number of rotatable bonds is 3. The second-order valence-corrected chi connectivity index (χ2v) is 4.67. The number of carbonyl (C=O) groups excluding carboxylic acids is 1. The Balaban J connectivity index is 2.41. The molecule has 0 atom stereocenters. The molecule has 0 amide bonds. The van der Waals surface area contributed by atoms with E-state index in [2.05, 4.69) is 13.8 Å². The molecule has 4 heteroatoms. The van der Waals surface area contributed by atoms with Crippen LogP contribution in [0.1, 0.15) is 30.1 Å². The number of carboxylic acid groups (broad SMARTS) is 1. The van der Waals surface area contributed by atoms with Crippen molar-refractivity contribution in [2.45, 2.75) is 19.8 Å². The van der Waals surface area contributed by atoms with Crippen molar-refractivity contribution in [3.05, 3.63) is 48.2 Å². The normalized spacial score (nSPS) is 11.5. The average molecular weight is 257 g/mol. The van der Waals surface area contributed by atoms with Gasteiger partial charge in [-0.1, -0.05) is 19.9 Å². The maximum atomic E-state index is 11.9. The minimum atomic E-state index is -1.13. The standard InChI is InChI=1S/C15H15NO3/c1-10(2)11-3-4-13-12(9-11)7-8-16(13)14(17)5-6-15(18)19/h3-10H,1-2H3,(H,18,19)/b6-5+. The lowest BCUT2D eigenvalue weighted by Gasteiger charge is -2.06. The molecule has 4 nitrogen and oxygen atoms in total. The third-order valence-electron chi connectivity index (χ3n) is 2.99. The van der Waals surface area contributed by atoms with Gasteiger partial charge in [-0.05, 0) is 29.7 Å². The van der Waals surface area contributed by atoms with E-state index < -0.39 is 5.97 Å². The number of benzene rings is 1. The van der Waals surface area contributed by atoms with Crippen LogP contribution >= 0.6 is 0 Å². The SMILES string of the molecule is CC(C)c1ccc2c(ccn2C(=O)/C=C/C(=O)O)c1. The summed E-state index contributed by atoms with van der Waals surface area (Å²) in [5.74, 6) is -1.07. The lowest BCUT2D eigenvalue weighted by Crippen LogP contribution is -2.06. The van der Waals surface area contributed by atoms with Gasteiger partial charge in [0.25, 0.3) is 5.91 Å². The summed E-state index contributed by atoms with van der Waals surface area (Å²) in [7, 11) is 0. The van der Waals surface area contributed by atoms with Gasteiger partial charge < -0.3 is 5.11 Å². The van der Waals surface area contributed by atoms with Crippen molar-refractivity contribution in [3.63, 3.8) is 0 Å². The Morgan fingerprint density at radius 1 is 1.21 bits per heavy atom. The van der Waals surface area contributed by atoms with Crippen LogP contribution in [0.2, 0.25) is 0 Å². The monoisotopic (exact) mass is 257 g/mol. The van der Waals surface area contributed by atoms with Gasteiger partial charge in [-0.15, -0.1) is 0 Å². The van der Waals surface area contributed by atoms with Crippen LogP contribution in [0.4, 0.5) is 0 Å². The van der Waals surface area contributed by atoms with Crippen molar-refractivity contribution in [2.75, 3.05) is 0 Å². The van der Waals surface area contributed by atoms with E-state index >= 15 is 0 Å². The highest BCUT2D eigenvalue weighted by Crippen LogP contribution is 2.22. The van der Waals surface area contributed by atoms with Crippen LogP contribution in [0.3, 0.4) is 0 Å². The molecule has 0 bridgehead atoms. The quantitative estimate of drug-likeness (QED) is 0.860. The zero-order valence-corrected chi connectivity index (χ0v) is 10.8. The second-order valence-electron chi connectivity index (χ2n) is 4.67. The highest BCUT2D eigenvalue weighted by molar-refractivity contribution is 6.00. The van der Waals surface area contributed by atoms with E-state index in [9.17, 15) is 9.59 Å². The van der Waals surface area contributed by atoms with E-state index in [0.29, 0.717) is 5.92 Å². The minimum Gasteiger partial charge on any atom is -0.478 e. The molecule has 1 aromatic carbocycles. The second kappa shape index (κ2) is 5.10. The molecule has 0 saturated carbocycles. The molecule has 0 spiro atoms. The summed E-state index contributed by atoms with van der Waals surface area (Å²) >= 11 is 0. The van der Waals surface area contributed by atoms with Crippen molar-refractivity contribution >= 4 is 22.8 Å². The smallest absolute Gasteiger partial charge is 0.328 e. The van der Waals surface area contributed by atoms with Crippen LogP contribution in [0.25, 0.3) is 10.9 Å². The molecule has 19 heavy (non-hydrogen) atoms. The molecule has 1 heterocycles. The maximum Gasteiger partial charge on any atom is 0.328 e. The Morgan fingerprint density at radius 3 is 2.58 bits per heavy atom. The van der Waals surface area contributed by atoms with Crippen LogP contribution in [0.15, 0.2) is 42.6 Å². The van der Waals surface area contributed by atoms with E-state index in [1.807, 2.05) is 24.3 Å². The number of carbonyl (C=O) groups is 2. The predicted molar refractivity (Wildman–Crippen MR) is 73.4 cm³/mol. The Labute approximate surface area is 111 Å². The summed E-state index contributed by atoms with van der Waals surface area (Å²) in [6, 6.07) is 7.77. The van der Waals surface area contributed by atoms with Gasteiger partial charge in [-0.25, -0.2) is 4.79 Å². The summed E-state index contributed by atoms with van der Waals surface area (Å²) < 4.78 is 1.44. The topological polar surface area (TPSA) is 59.3 Å². The average Bonchev–Trinajstić information content (AvgIpc) is 2.78.